The van der Waals surface area contributed by atoms with Crippen LogP contribution in [0.2, 0.25) is 0 Å². The fourth-order valence-corrected chi connectivity index (χ4v) is 4.25. The first kappa shape index (κ1) is 13.6. The Morgan fingerprint density at radius 3 is 2.65 bits per heavy atom. The highest BCUT2D eigenvalue weighted by Crippen LogP contribution is 2.34. The quantitative estimate of drug-likeness (QED) is 0.690. The van der Waals surface area contributed by atoms with E-state index in [9.17, 15) is 0 Å². The number of hydrogen-bond acceptors (Lipinski definition) is 4. The van der Waals surface area contributed by atoms with Gasteiger partial charge in [-0.1, -0.05) is 43.4 Å². The molecule has 0 fully saturated rings. The molecule has 20 heavy (non-hydrogen) atoms. The van der Waals surface area contributed by atoms with Gasteiger partial charge in [0.25, 0.3) is 0 Å². The van der Waals surface area contributed by atoms with Gasteiger partial charge < -0.3 is 5.32 Å². The molecule has 1 atom stereocenters. The number of para-hydroxylation sites is 1. The average molecular weight is 302 g/mol. The largest absolute Gasteiger partial charge is 0.354 e. The summed E-state index contributed by atoms with van der Waals surface area (Å²) in [5.41, 5.74) is 2.36. The number of thiophene rings is 1. The van der Waals surface area contributed by atoms with Crippen LogP contribution in [0.5, 0.6) is 0 Å². The van der Waals surface area contributed by atoms with Crippen LogP contribution in [0.1, 0.15) is 30.3 Å². The van der Waals surface area contributed by atoms with Gasteiger partial charge in [0.05, 0.1) is 16.3 Å². The first-order valence-corrected chi connectivity index (χ1v) is 8.51. The van der Waals surface area contributed by atoms with E-state index in [0.717, 1.165) is 10.6 Å². The van der Waals surface area contributed by atoms with Gasteiger partial charge in [-0.25, -0.2) is 4.98 Å². The molecule has 2 nitrogen and oxygen atoms in total. The molecule has 0 bridgehead atoms. The minimum atomic E-state index is 0.330. The van der Waals surface area contributed by atoms with Gasteiger partial charge in [0, 0.05) is 4.88 Å². The minimum absolute atomic E-state index is 0.330. The first-order chi connectivity index (χ1) is 9.65. The van der Waals surface area contributed by atoms with Gasteiger partial charge >= 0.3 is 0 Å². The summed E-state index contributed by atoms with van der Waals surface area (Å²) in [6, 6.07) is 11.0. The van der Waals surface area contributed by atoms with Crippen LogP contribution in [0.4, 0.5) is 5.13 Å². The highest BCUT2D eigenvalue weighted by atomic mass is 32.1. The number of fused-ring (bicyclic) bond motifs is 1. The van der Waals surface area contributed by atoms with Gasteiger partial charge in [-0.15, -0.1) is 11.3 Å². The lowest BCUT2D eigenvalue weighted by atomic mass is 10.0. The molecule has 1 N–H and O–H groups in total. The van der Waals surface area contributed by atoms with Crippen LogP contribution in [-0.2, 0) is 0 Å². The van der Waals surface area contributed by atoms with Gasteiger partial charge in [-0.3, -0.25) is 0 Å². The second-order valence-corrected chi connectivity index (χ2v) is 7.33. The van der Waals surface area contributed by atoms with Gasteiger partial charge in [-0.05, 0) is 35.9 Å². The topological polar surface area (TPSA) is 24.9 Å². The van der Waals surface area contributed by atoms with E-state index in [1.54, 1.807) is 22.7 Å². The molecule has 3 rings (SSSR count). The van der Waals surface area contributed by atoms with Crippen LogP contribution in [0, 0.1) is 12.8 Å². The molecule has 0 aliphatic heterocycles. The second-order valence-electron chi connectivity index (χ2n) is 5.32. The van der Waals surface area contributed by atoms with Crippen LogP contribution in [0.25, 0.3) is 10.2 Å². The summed E-state index contributed by atoms with van der Waals surface area (Å²) in [5.74, 6) is 0.529. The van der Waals surface area contributed by atoms with E-state index in [-0.39, 0.29) is 0 Å². The molecule has 104 valence electrons. The molecule has 4 heteroatoms. The molecular formula is C16H18N2S2. The third-order valence-corrected chi connectivity index (χ3v) is 5.32. The smallest absolute Gasteiger partial charge is 0.184 e. The Hall–Kier alpha value is -1.39. The lowest BCUT2D eigenvalue weighted by Gasteiger charge is -2.20. The zero-order valence-corrected chi connectivity index (χ0v) is 13.5. The Morgan fingerprint density at radius 1 is 1.15 bits per heavy atom. The van der Waals surface area contributed by atoms with Gasteiger partial charge in [0.2, 0.25) is 0 Å². The van der Waals surface area contributed by atoms with Crippen molar-refractivity contribution in [2.75, 3.05) is 5.32 Å². The summed E-state index contributed by atoms with van der Waals surface area (Å²) in [6.45, 7) is 6.61. The number of aromatic nitrogens is 1. The van der Waals surface area contributed by atoms with Crippen molar-refractivity contribution < 1.29 is 0 Å². The predicted octanol–water partition coefficient (Wildman–Crippen LogP) is 5.48. The number of aryl methyl sites for hydroxylation is 1. The molecule has 1 aromatic carbocycles. The molecule has 1 unspecified atom stereocenters. The van der Waals surface area contributed by atoms with Crippen molar-refractivity contribution in [3.63, 3.8) is 0 Å². The summed E-state index contributed by atoms with van der Waals surface area (Å²) >= 11 is 3.54. The van der Waals surface area contributed by atoms with Crippen molar-refractivity contribution >= 4 is 38.0 Å². The third-order valence-electron chi connectivity index (χ3n) is 3.42. The monoisotopic (exact) mass is 302 g/mol. The lowest BCUT2D eigenvalue weighted by molar-refractivity contribution is 0.553. The van der Waals surface area contributed by atoms with Crippen LogP contribution in [0.15, 0.2) is 35.7 Å². The second kappa shape index (κ2) is 5.54. The summed E-state index contributed by atoms with van der Waals surface area (Å²) in [6.07, 6.45) is 0. The number of nitrogens with one attached hydrogen (secondary N) is 1. The van der Waals surface area contributed by atoms with Gasteiger partial charge in [-0.2, -0.15) is 0 Å². The Labute approximate surface area is 127 Å². The zero-order chi connectivity index (χ0) is 14.1. The maximum absolute atomic E-state index is 4.76. The molecule has 0 aliphatic rings. The Morgan fingerprint density at radius 2 is 2.00 bits per heavy atom. The van der Waals surface area contributed by atoms with Crippen molar-refractivity contribution in [1.29, 1.82) is 0 Å². The van der Waals surface area contributed by atoms with E-state index in [4.69, 9.17) is 4.98 Å². The molecule has 0 aliphatic carbocycles. The standard InChI is InChI=1S/C16H18N2S2/c1-10(2)14(12-8-5-9-19-12)17-16-18-15-11(3)6-4-7-13(15)20-16/h4-10,14H,1-3H3,(H,17,18). The van der Waals surface area contributed by atoms with E-state index in [1.165, 1.54) is 15.1 Å². The average Bonchev–Trinajstić information content (AvgIpc) is 3.05. The van der Waals surface area contributed by atoms with Crippen LogP contribution < -0.4 is 5.32 Å². The highest BCUT2D eigenvalue weighted by molar-refractivity contribution is 7.22. The summed E-state index contributed by atoms with van der Waals surface area (Å²) in [4.78, 5) is 6.13. The van der Waals surface area contributed by atoms with E-state index in [2.05, 4.69) is 61.8 Å². The lowest BCUT2D eigenvalue weighted by Crippen LogP contribution is -2.15. The van der Waals surface area contributed by atoms with Crippen molar-refractivity contribution in [2.45, 2.75) is 26.8 Å². The van der Waals surface area contributed by atoms with Crippen molar-refractivity contribution in [1.82, 2.24) is 4.98 Å². The maximum Gasteiger partial charge on any atom is 0.184 e. The number of thiazole rings is 1. The summed E-state index contributed by atoms with van der Waals surface area (Å²) in [5, 5.41) is 6.76. The summed E-state index contributed by atoms with van der Waals surface area (Å²) < 4.78 is 1.25. The number of hydrogen-bond donors (Lipinski definition) is 1. The summed E-state index contributed by atoms with van der Waals surface area (Å²) in [7, 11) is 0. The fourth-order valence-electron chi connectivity index (χ4n) is 2.32. The van der Waals surface area contributed by atoms with Crippen molar-refractivity contribution in [3.8, 4) is 0 Å². The molecule has 0 spiro atoms. The molecular weight excluding hydrogens is 284 g/mol. The van der Waals surface area contributed by atoms with Crippen LogP contribution in [-0.4, -0.2) is 4.98 Å². The molecule has 0 amide bonds. The minimum Gasteiger partial charge on any atom is -0.354 e. The van der Waals surface area contributed by atoms with Crippen LogP contribution in [0.3, 0.4) is 0 Å². The molecule has 3 aromatic rings. The molecule has 2 aromatic heterocycles. The number of benzene rings is 1. The molecule has 0 radical (unpaired) electrons. The Kier molecular flexibility index (Phi) is 3.76. The van der Waals surface area contributed by atoms with E-state index >= 15 is 0 Å². The normalized spacial score (nSPS) is 13.0. The van der Waals surface area contributed by atoms with Crippen molar-refractivity contribution in [3.05, 3.63) is 46.2 Å². The van der Waals surface area contributed by atoms with E-state index in [1.807, 2.05) is 0 Å². The Bertz CT molecular complexity index is 698. The number of anilines is 1. The molecule has 2 heterocycles. The first-order valence-electron chi connectivity index (χ1n) is 6.81. The maximum atomic E-state index is 4.76. The highest BCUT2D eigenvalue weighted by Gasteiger charge is 2.18. The van der Waals surface area contributed by atoms with E-state index in [0.29, 0.717) is 12.0 Å². The molecule has 0 saturated carbocycles. The van der Waals surface area contributed by atoms with Crippen LogP contribution >= 0.6 is 22.7 Å². The fraction of sp³-hybridized carbons (Fsp3) is 0.312. The SMILES string of the molecule is Cc1cccc2sc(NC(c3cccs3)C(C)C)nc12. The Balaban J connectivity index is 1.93. The zero-order valence-electron chi connectivity index (χ0n) is 11.9. The van der Waals surface area contributed by atoms with E-state index < -0.39 is 0 Å². The van der Waals surface area contributed by atoms with Gasteiger partial charge in [0.1, 0.15) is 0 Å². The number of nitrogens with zero attached hydrogens (tertiary/aromatic N) is 1. The third kappa shape index (κ3) is 2.58. The van der Waals surface area contributed by atoms with Gasteiger partial charge in [0.15, 0.2) is 5.13 Å². The predicted molar refractivity (Wildman–Crippen MR) is 89.9 cm³/mol. The number of rotatable bonds is 4. The molecule has 0 saturated heterocycles. The van der Waals surface area contributed by atoms with Crippen molar-refractivity contribution in [2.24, 2.45) is 5.92 Å².